The van der Waals surface area contributed by atoms with Crippen LogP contribution < -0.4 is 10.2 Å². The zero-order valence-corrected chi connectivity index (χ0v) is 15.4. The summed E-state index contributed by atoms with van der Waals surface area (Å²) in [5.41, 5.74) is 3.43. The van der Waals surface area contributed by atoms with Crippen LogP contribution in [-0.2, 0) is 6.54 Å². The highest BCUT2D eigenvalue weighted by molar-refractivity contribution is 5.81. The molecule has 5 nitrogen and oxygen atoms in total. The molecule has 1 aliphatic heterocycles. The Balaban J connectivity index is 1.61. The Morgan fingerprint density at radius 1 is 1.19 bits per heavy atom. The van der Waals surface area contributed by atoms with Crippen LogP contribution in [0.15, 0.2) is 42.6 Å². The van der Waals surface area contributed by atoms with Gasteiger partial charge in [0.15, 0.2) is 0 Å². The van der Waals surface area contributed by atoms with E-state index in [0.29, 0.717) is 5.92 Å². The molecule has 134 valence electrons. The Bertz CT molecular complexity index is 897. The molecule has 0 aliphatic carbocycles. The molecule has 4 rings (SSSR count). The minimum absolute atomic E-state index is 0.483. The first-order valence-electron chi connectivity index (χ1n) is 9.31. The molecular weight excluding hydrogens is 322 g/mol. The van der Waals surface area contributed by atoms with E-state index in [9.17, 15) is 0 Å². The predicted molar refractivity (Wildman–Crippen MR) is 105 cm³/mol. The van der Waals surface area contributed by atoms with Crippen molar-refractivity contribution >= 4 is 16.7 Å². The molecule has 0 amide bonds. The van der Waals surface area contributed by atoms with Gasteiger partial charge in [-0.25, -0.2) is 9.97 Å². The summed E-state index contributed by atoms with van der Waals surface area (Å²) in [6.07, 6.45) is 4.26. The lowest BCUT2D eigenvalue weighted by molar-refractivity contribution is 0.453. The largest absolute Gasteiger partial charge is 0.355 e. The van der Waals surface area contributed by atoms with Crippen molar-refractivity contribution in [3.05, 3.63) is 59.7 Å². The fraction of sp³-hybridized carbons (Fsp3) is 0.381. The van der Waals surface area contributed by atoms with E-state index in [2.05, 4.69) is 57.6 Å². The number of benzene rings is 1. The average Bonchev–Trinajstić information content (AvgIpc) is 2.68. The minimum atomic E-state index is 0.483. The van der Waals surface area contributed by atoms with Gasteiger partial charge in [0.25, 0.3) is 0 Å². The molecule has 0 radical (unpaired) electrons. The van der Waals surface area contributed by atoms with Gasteiger partial charge in [-0.2, -0.15) is 0 Å². The van der Waals surface area contributed by atoms with Crippen molar-refractivity contribution < 1.29 is 0 Å². The van der Waals surface area contributed by atoms with E-state index in [4.69, 9.17) is 4.98 Å². The van der Waals surface area contributed by atoms with Gasteiger partial charge in [0.1, 0.15) is 11.6 Å². The molecular formula is C21H25N5. The van der Waals surface area contributed by atoms with Crippen molar-refractivity contribution in [1.82, 2.24) is 20.3 Å². The molecule has 1 aliphatic rings. The predicted octanol–water partition coefficient (Wildman–Crippen LogP) is 3.44. The van der Waals surface area contributed by atoms with E-state index in [0.717, 1.165) is 42.5 Å². The zero-order valence-electron chi connectivity index (χ0n) is 15.4. The van der Waals surface area contributed by atoms with Gasteiger partial charge in [-0.05, 0) is 37.9 Å². The lowest BCUT2D eigenvalue weighted by atomic mass is 9.96. The second kappa shape index (κ2) is 7.38. The maximum atomic E-state index is 4.71. The molecule has 0 unspecified atom stereocenters. The summed E-state index contributed by atoms with van der Waals surface area (Å²) < 4.78 is 0. The number of hydrogen-bond donors (Lipinski definition) is 1. The number of hydrogen-bond acceptors (Lipinski definition) is 5. The Labute approximate surface area is 154 Å². The normalized spacial score (nSPS) is 17.4. The van der Waals surface area contributed by atoms with Crippen molar-refractivity contribution in [1.29, 1.82) is 0 Å². The molecule has 2 aromatic heterocycles. The van der Waals surface area contributed by atoms with Gasteiger partial charge in [-0.1, -0.05) is 24.3 Å². The molecule has 3 heterocycles. The summed E-state index contributed by atoms with van der Waals surface area (Å²) in [5.74, 6) is 2.30. The molecule has 0 bridgehead atoms. The number of nitrogens with one attached hydrogen (secondary N) is 1. The number of nitrogens with zero attached hydrogens (tertiary/aromatic N) is 4. The van der Waals surface area contributed by atoms with Gasteiger partial charge in [0.2, 0.25) is 0 Å². The third kappa shape index (κ3) is 3.53. The monoisotopic (exact) mass is 347 g/mol. The van der Waals surface area contributed by atoms with E-state index in [1.54, 1.807) is 0 Å². The second-order valence-electron chi connectivity index (χ2n) is 7.09. The second-order valence-corrected chi connectivity index (χ2v) is 7.09. The van der Waals surface area contributed by atoms with Crippen LogP contribution in [-0.4, -0.2) is 35.1 Å². The summed E-state index contributed by atoms with van der Waals surface area (Å²) >= 11 is 0. The summed E-state index contributed by atoms with van der Waals surface area (Å²) in [5, 5.41) is 4.65. The number of aryl methyl sites for hydroxylation is 1. The SMILES string of the molecule is Cc1nc([C@H]2CCCNC2)cc(N(C)Cc2cccc3cccnc23)n1. The van der Waals surface area contributed by atoms with Crippen molar-refractivity contribution in [2.45, 2.75) is 32.2 Å². The van der Waals surface area contributed by atoms with Gasteiger partial charge in [-0.15, -0.1) is 0 Å². The lowest BCUT2D eigenvalue weighted by Crippen LogP contribution is -2.29. The highest BCUT2D eigenvalue weighted by atomic mass is 15.2. The van der Waals surface area contributed by atoms with Gasteiger partial charge in [0.05, 0.1) is 11.2 Å². The summed E-state index contributed by atoms with van der Waals surface area (Å²) in [6, 6.07) is 12.6. The Hall–Kier alpha value is -2.53. The van der Waals surface area contributed by atoms with E-state index in [-0.39, 0.29) is 0 Å². The highest BCUT2D eigenvalue weighted by Gasteiger charge is 2.19. The molecule has 0 saturated carbocycles. The standard InChI is InChI=1S/C21H25N5/c1-15-24-19(17-9-4-10-22-13-17)12-20(25-15)26(2)14-18-7-3-6-16-8-5-11-23-21(16)18/h3,5-8,11-12,17,22H,4,9-10,13-14H2,1-2H3/t17-/m0/s1. The summed E-state index contributed by atoms with van der Waals surface area (Å²) in [4.78, 5) is 16.1. The van der Waals surface area contributed by atoms with Gasteiger partial charge >= 0.3 is 0 Å². The first-order chi connectivity index (χ1) is 12.7. The Kier molecular flexibility index (Phi) is 4.80. The quantitative estimate of drug-likeness (QED) is 0.783. The van der Waals surface area contributed by atoms with Crippen molar-refractivity contribution in [3.63, 3.8) is 0 Å². The fourth-order valence-electron chi connectivity index (χ4n) is 3.71. The summed E-state index contributed by atoms with van der Waals surface area (Å²) in [6.45, 7) is 4.87. The van der Waals surface area contributed by atoms with Gasteiger partial charge < -0.3 is 10.2 Å². The smallest absolute Gasteiger partial charge is 0.132 e. The molecule has 1 saturated heterocycles. The van der Waals surface area contributed by atoms with Crippen molar-refractivity contribution in [3.8, 4) is 0 Å². The van der Waals surface area contributed by atoms with Crippen LogP contribution in [0.1, 0.15) is 35.8 Å². The van der Waals surface area contributed by atoms with E-state index >= 15 is 0 Å². The molecule has 0 spiro atoms. The van der Waals surface area contributed by atoms with Crippen molar-refractivity contribution in [2.75, 3.05) is 25.0 Å². The molecule has 1 fully saturated rings. The van der Waals surface area contributed by atoms with E-state index in [1.807, 2.05) is 19.2 Å². The average molecular weight is 347 g/mol. The van der Waals surface area contributed by atoms with Gasteiger partial charge in [0, 0.05) is 43.7 Å². The molecule has 26 heavy (non-hydrogen) atoms. The van der Waals surface area contributed by atoms with Crippen LogP contribution in [0.3, 0.4) is 0 Å². The van der Waals surface area contributed by atoms with Crippen LogP contribution in [0, 0.1) is 6.92 Å². The van der Waals surface area contributed by atoms with Crippen LogP contribution in [0.5, 0.6) is 0 Å². The number of anilines is 1. The number of aromatic nitrogens is 3. The van der Waals surface area contributed by atoms with Crippen LogP contribution >= 0.6 is 0 Å². The lowest BCUT2D eigenvalue weighted by Gasteiger charge is -2.25. The number of fused-ring (bicyclic) bond motifs is 1. The molecule has 1 atom stereocenters. The van der Waals surface area contributed by atoms with Crippen LogP contribution in [0.25, 0.3) is 10.9 Å². The van der Waals surface area contributed by atoms with E-state index < -0.39 is 0 Å². The number of pyridine rings is 1. The number of para-hydroxylation sites is 1. The molecule has 1 N–H and O–H groups in total. The van der Waals surface area contributed by atoms with Crippen LogP contribution in [0.2, 0.25) is 0 Å². The minimum Gasteiger partial charge on any atom is -0.355 e. The van der Waals surface area contributed by atoms with Crippen molar-refractivity contribution in [2.24, 2.45) is 0 Å². The third-order valence-electron chi connectivity index (χ3n) is 5.07. The topological polar surface area (TPSA) is 53.9 Å². The maximum absolute atomic E-state index is 4.71. The molecule has 5 heteroatoms. The first-order valence-corrected chi connectivity index (χ1v) is 9.31. The van der Waals surface area contributed by atoms with Gasteiger partial charge in [-0.3, -0.25) is 4.98 Å². The number of piperidine rings is 1. The zero-order chi connectivity index (χ0) is 17.9. The Morgan fingerprint density at radius 3 is 2.92 bits per heavy atom. The number of rotatable bonds is 4. The first kappa shape index (κ1) is 16.9. The molecule has 1 aromatic carbocycles. The summed E-state index contributed by atoms with van der Waals surface area (Å²) in [7, 11) is 2.09. The van der Waals surface area contributed by atoms with Crippen LogP contribution in [0.4, 0.5) is 5.82 Å². The maximum Gasteiger partial charge on any atom is 0.132 e. The Morgan fingerprint density at radius 2 is 2.08 bits per heavy atom. The fourth-order valence-corrected chi connectivity index (χ4v) is 3.71. The van der Waals surface area contributed by atoms with E-state index in [1.165, 1.54) is 23.8 Å². The molecule has 3 aromatic rings. The highest BCUT2D eigenvalue weighted by Crippen LogP contribution is 2.25. The third-order valence-corrected chi connectivity index (χ3v) is 5.07.